The van der Waals surface area contributed by atoms with Crippen LogP contribution in [0.3, 0.4) is 0 Å². The van der Waals surface area contributed by atoms with E-state index in [2.05, 4.69) is 10.6 Å². The van der Waals surface area contributed by atoms with Gasteiger partial charge in [-0.1, -0.05) is 24.6 Å². The highest BCUT2D eigenvalue weighted by Gasteiger charge is 2.28. The van der Waals surface area contributed by atoms with Crippen LogP contribution in [0.2, 0.25) is 5.02 Å². The lowest BCUT2D eigenvalue weighted by molar-refractivity contribution is -0.121. The van der Waals surface area contributed by atoms with Gasteiger partial charge in [0.25, 0.3) is 0 Å². The molecule has 1 unspecified atom stereocenters. The van der Waals surface area contributed by atoms with Crippen LogP contribution >= 0.6 is 24.0 Å². The molecule has 1 aromatic rings. The van der Waals surface area contributed by atoms with Gasteiger partial charge in [-0.3, -0.25) is 4.79 Å². The first-order valence-corrected chi connectivity index (χ1v) is 5.82. The number of benzene rings is 1. The fourth-order valence-corrected chi connectivity index (χ4v) is 1.89. The van der Waals surface area contributed by atoms with Crippen molar-refractivity contribution < 1.29 is 4.79 Å². The van der Waals surface area contributed by atoms with Gasteiger partial charge in [0, 0.05) is 16.6 Å². The van der Waals surface area contributed by atoms with Gasteiger partial charge in [-0.15, -0.1) is 12.4 Å². The second-order valence-corrected chi connectivity index (χ2v) is 4.64. The normalized spacial score (nSPS) is 16.6. The maximum atomic E-state index is 11.9. The van der Waals surface area contributed by atoms with E-state index >= 15 is 0 Å². The molecule has 0 bridgehead atoms. The van der Waals surface area contributed by atoms with Crippen LogP contribution in [0.4, 0.5) is 5.69 Å². The third-order valence-electron chi connectivity index (χ3n) is 3.03. The van der Waals surface area contributed by atoms with E-state index in [1.54, 1.807) is 12.1 Å². The molecule has 0 aliphatic carbocycles. The minimum atomic E-state index is 0. The molecular formula is C12H16Cl2N2O. The van der Waals surface area contributed by atoms with Crippen molar-refractivity contribution in [2.45, 2.75) is 6.92 Å². The number of amides is 1. The van der Waals surface area contributed by atoms with Crippen LogP contribution in [0.5, 0.6) is 0 Å². The van der Waals surface area contributed by atoms with Crippen LogP contribution in [-0.2, 0) is 4.79 Å². The lowest BCUT2D eigenvalue weighted by Crippen LogP contribution is -2.48. The Morgan fingerprint density at radius 1 is 1.53 bits per heavy atom. The average molecular weight is 275 g/mol. The number of halogens is 2. The monoisotopic (exact) mass is 274 g/mol. The van der Waals surface area contributed by atoms with Gasteiger partial charge < -0.3 is 10.6 Å². The number of rotatable bonds is 3. The number of carbonyl (C=O) groups is 1. The van der Waals surface area contributed by atoms with Crippen molar-refractivity contribution in [2.24, 2.45) is 11.8 Å². The van der Waals surface area contributed by atoms with Gasteiger partial charge in [0.15, 0.2) is 0 Å². The largest absolute Gasteiger partial charge is 0.326 e. The van der Waals surface area contributed by atoms with E-state index in [1.165, 1.54) is 0 Å². The Balaban J connectivity index is 0.00000144. The molecule has 17 heavy (non-hydrogen) atoms. The molecule has 94 valence electrons. The van der Waals surface area contributed by atoms with Crippen LogP contribution in [0.1, 0.15) is 6.92 Å². The van der Waals surface area contributed by atoms with Crippen molar-refractivity contribution in [1.82, 2.24) is 5.32 Å². The fraction of sp³-hybridized carbons (Fsp3) is 0.417. The summed E-state index contributed by atoms with van der Waals surface area (Å²) in [4.78, 5) is 11.9. The summed E-state index contributed by atoms with van der Waals surface area (Å²) < 4.78 is 0. The lowest BCUT2D eigenvalue weighted by Gasteiger charge is -2.31. The first-order valence-electron chi connectivity index (χ1n) is 5.44. The first kappa shape index (κ1) is 14.3. The summed E-state index contributed by atoms with van der Waals surface area (Å²) in [5.41, 5.74) is 0.761. The summed E-state index contributed by atoms with van der Waals surface area (Å²) >= 11 is 5.85. The van der Waals surface area contributed by atoms with Gasteiger partial charge >= 0.3 is 0 Å². The highest BCUT2D eigenvalue weighted by atomic mass is 35.5. The quantitative estimate of drug-likeness (QED) is 0.890. The van der Waals surface area contributed by atoms with Crippen molar-refractivity contribution in [3.05, 3.63) is 29.3 Å². The second-order valence-electron chi connectivity index (χ2n) is 4.21. The molecule has 1 amide bonds. The van der Waals surface area contributed by atoms with E-state index in [1.807, 2.05) is 19.1 Å². The third-order valence-corrected chi connectivity index (χ3v) is 3.26. The van der Waals surface area contributed by atoms with Gasteiger partial charge in [0.1, 0.15) is 0 Å². The topological polar surface area (TPSA) is 41.1 Å². The second kappa shape index (κ2) is 6.24. The Bertz CT molecular complexity index is 394. The van der Waals surface area contributed by atoms with Crippen molar-refractivity contribution >= 4 is 35.6 Å². The van der Waals surface area contributed by atoms with E-state index in [9.17, 15) is 4.79 Å². The Kier molecular flexibility index (Phi) is 5.25. The Labute approximate surface area is 112 Å². The predicted octanol–water partition coefficient (Wildman–Crippen LogP) is 2.56. The van der Waals surface area contributed by atoms with E-state index in [4.69, 9.17) is 11.6 Å². The van der Waals surface area contributed by atoms with E-state index < -0.39 is 0 Å². The molecule has 1 fully saturated rings. The number of carbonyl (C=O) groups excluding carboxylic acids is 1. The molecule has 1 aliphatic heterocycles. The molecule has 1 atom stereocenters. The highest BCUT2D eigenvalue weighted by Crippen LogP contribution is 2.20. The molecule has 2 N–H and O–H groups in total. The Hall–Kier alpha value is -0.770. The molecule has 1 aromatic carbocycles. The van der Waals surface area contributed by atoms with Crippen LogP contribution in [-0.4, -0.2) is 19.0 Å². The molecule has 3 nitrogen and oxygen atoms in total. The summed E-state index contributed by atoms with van der Waals surface area (Å²) in [5.74, 6) is 0.563. The zero-order valence-electron chi connectivity index (χ0n) is 9.57. The van der Waals surface area contributed by atoms with Gasteiger partial charge in [-0.25, -0.2) is 0 Å². The Morgan fingerprint density at radius 3 is 2.76 bits per heavy atom. The van der Waals surface area contributed by atoms with Gasteiger partial charge in [-0.2, -0.15) is 0 Å². The molecule has 0 spiro atoms. The zero-order chi connectivity index (χ0) is 11.5. The standard InChI is InChI=1S/C12H15ClN2O.ClH/c1-8(9-6-14-7-9)12(16)15-11-4-2-3-10(13)5-11;/h2-5,8-9,14H,6-7H2,1H3,(H,15,16);1H. The summed E-state index contributed by atoms with van der Waals surface area (Å²) in [7, 11) is 0. The first-order chi connectivity index (χ1) is 7.66. The highest BCUT2D eigenvalue weighted by molar-refractivity contribution is 6.30. The minimum absolute atomic E-state index is 0. The van der Waals surface area contributed by atoms with Crippen molar-refractivity contribution in [1.29, 1.82) is 0 Å². The van der Waals surface area contributed by atoms with Crippen LogP contribution < -0.4 is 10.6 Å². The fourth-order valence-electron chi connectivity index (χ4n) is 1.70. The summed E-state index contributed by atoms with van der Waals surface area (Å²) in [5, 5.41) is 6.68. The number of anilines is 1. The van der Waals surface area contributed by atoms with Crippen molar-refractivity contribution in [3.8, 4) is 0 Å². The summed E-state index contributed by atoms with van der Waals surface area (Å²) in [6.45, 7) is 3.83. The molecule has 1 saturated heterocycles. The number of hydrogen-bond donors (Lipinski definition) is 2. The molecule has 2 rings (SSSR count). The van der Waals surface area contributed by atoms with Gasteiger partial charge in [-0.05, 0) is 37.2 Å². The van der Waals surface area contributed by atoms with Crippen LogP contribution in [0.15, 0.2) is 24.3 Å². The maximum absolute atomic E-state index is 11.9. The van der Waals surface area contributed by atoms with Gasteiger partial charge in [0.05, 0.1) is 0 Å². The lowest BCUT2D eigenvalue weighted by atomic mass is 9.88. The SMILES string of the molecule is CC(C(=O)Nc1cccc(Cl)c1)C1CNC1.Cl. The van der Waals surface area contributed by atoms with E-state index in [0.29, 0.717) is 10.9 Å². The average Bonchev–Trinajstić information content (AvgIpc) is 2.14. The molecule has 0 saturated carbocycles. The number of nitrogens with one attached hydrogen (secondary N) is 2. The Morgan fingerprint density at radius 2 is 2.24 bits per heavy atom. The van der Waals surface area contributed by atoms with Crippen molar-refractivity contribution in [3.63, 3.8) is 0 Å². The van der Waals surface area contributed by atoms with E-state index in [-0.39, 0.29) is 24.2 Å². The number of hydrogen-bond acceptors (Lipinski definition) is 2. The molecule has 1 aliphatic rings. The third kappa shape index (κ3) is 3.60. The maximum Gasteiger partial charge on any atom is 0.227 e. The minimum Gasteiger partial charge on any atom is -0.326 e. The molecule has 0 radical (unpaired) electrons. The molecule has 5 heteroatoms. The van der Waals surface area contributed by atoms with Crippen LogP contribution in [0, 0.1) is 11.8 Å². The predicted molar refractivity (Wildman–Crippen MR) is 72.9 cm³/mol. The van der Waals surface area contributed by atoms with Crippen molar-refractivity contribution in [2.75, 3.05) is 18.4 Å². The molecule has 0 aromatic heterocycles. The molecular weight excluding hydrogens is 259 g/mol. The van der Waals surface area contributed by atoms with Crippen LogP contribution in [0.25, 0.3) is 0 Å². The summed E-state index contributed by atoms with van der Waals surface area (Å²) in [6, 6.07) is 7.21. The smallest absolute Gasteiger partial charge is 0.227 e. The molecule has 1 heterocycles. The zero-order valence-corrected chi connectivity index (χ0v) is 11.1. The van der Waals surface area contributed by atoms with Gasteiger partial charge in [0.2, 0.25) is 5.91 Å². The van der Waals surface area contributed by atoms with E-state index in [0.717, 1.165) is 18.8 Å². The summed E-state index contributed by atoms with van der Waals surface area (Å²) in [6.07, 6.45) is 0.